The first-order chi connectivity index (χ1) is 17.8. The molecule has 0 aromatic heterocycles. The maximum Gasteiger partial charge on any atom is 0.385 e. The summed E-state index contributed by atoms with van der Waals surface area (Å²) in [5.74, 6) is -56.6. The molecule has 1 aliphatic rings. The molecule has 0 aromatic rings. The molecule has 0 heterocycles. The minimum absolute atomic E-state index is 0.0187. The largest absolute Gasteiger partial charge is 0.459 e. The van der Waals surface area contributed by atoms with Crippen LogP contribution in [0.1, 0.15) is 64.7 Å². The molecule has 0 aliphatic heterocycles. The number of halogens is 16. The molecule has 0 bridgehead atoms. The topological polar surface area (TPSA) is 26.3 Å². The van der Waals surface area contributed by atoms with E-state index in [1.165, 1.54) is 0 Å². The molecule has 1 aliphatic carbocycles. The fourth-order valence-corrected chi connectivity index (χ4v) is 4.13. The van der Waals surface area contributed by atoms with Crippen molar-refractivity contribution in [2.45, 2.75) is 113 Å². The lowest BCUT2D eigenvalue weighted by molar-refractivity contribution is -0.447. The lowest BCUT2D eigenvalue weighted by atomic mass is 9.78. The third-order valence-corrected chi connectivity index (χ3v) is 6.83. The summed E-state index contributed by atoms with van der Waals surface area (Å²) < 4.78 is 217. The van der Waals surface area contributed by atoms with Gasteiger partial charge in [-0.3, -0.25) is 4.79 Å². The van der Waals surface area contributed by atoms with Gasteiger partial charge in [-0.2, -0.15) is 61.5 Å². The number of hydrogen-bond donors (Lipinski definition) is 0. The Kier molecular flexibility index (Phi) is 11.2. The summed E-state index contributed by atoms with van der Waals surface area (Å²) in [6, 6.07) is 0. The lowest BCUT2D eigenvalue weighted by Crippen LogP contribution is -2.74. The van der Waals surface area contributed by atoms with Crippen LogP contribution in [-0.4, -0.2) is 60.5 Å². The highest BCUT2D eigenvalue weighted by Gasteiger charge is 2.93. The predicted molar refractivity (Wildman–Crippen MR) is 106 cm³/mol. The first-order valence-electron chi connectivity index (χ1n) is 11.9. The lowest BCUT2D eigenvalue weighted by Gasteiger charge is -2.42. The van der Waals surface area contributed by atoms with Crippen LogP contribution in [0, 0.1) is 11.8 Å². The second-order valence-electron chi connectivity index (χ2n) is 9.73. The van der Waals surface area contributed by atoms with Gasteiger partial charge in [0.15, 0.2) is 6.61 Å². The van der Waals surface area contributed by atoms with E-state index in [1.807, 2.05) is 6.92 Å². The summed E-state index contributed by atoms with van der Waals surface area (Å²) >= 11 is 0. The van der Waals surface area contributed by atoms with Crippen LogP contribution in [-0.2, 0) is 9.53 Å². The zero-order valence-electron chi connectivity index (χ0n) is 20.7. The summed E-state index contributed by atoms with van der Waals surface area (Å²) in [7, 11) is 0. The molecule has 0 spiro atoms. The van der Waals surface area contributed by atoms with Gasteiger partial charge >= 0.3 is 53.9 Å². The average molecular weight is 626 g/mol. The Labute approximate surface area is 217 Å². The van der Waals surface area contributed by atoms with Crippen LogP contribution in [0.4, 0.5) is 70.2 Å². The van der Waals surface area contributed by atoms with E-state index in [0.29, 0.717) is 18.8 Å². The summed E-state index contributed by atoms with van der Waals surface area (Å²) in [5.41, 5.74) is 0. The van der Waals surface area contributed by atoms with Gasteiger partial charge in [0.25, 0.3) is 0 Å². The second kappa shape index (κ2) is 12.3. The van der Waals surface area contributed by atoms with E-state index in [4.69, 9.17) is 0 Å². The van der Waals surface area contributed by atoms with Crippen LogP contribution in [0.3, 0.4) is 0 Å². The van der Waals surface area contributed by atoms with Crippen molar-refractivity contribution in [3.63, 3.8) is 0 Å². The number of esters is 1. The highest BCUT2D eigenvalue weighted by atomic mass is 19.4. The fraction of sp³-hybridized carbons (Fsp3) is 0.955. The van der Waals surface area contributed by atoms with E-state index in [-0.39, 0.29) is 12.3 Å². The van der Waals surface area contributed by atoms with Gasteiger partial charge in [0.1, 0.15) is 0 Å². The van der Waals surface area contributed by atoms with Gasteiger partial charge in [-0.25, -0.2) is 8.78 Å². The third kappa shape index (κ3) is 6.54. The molecular weight excluding hydrogens is 600 g/mol. The van der Waals surface area contributed by atoms with E-state index >= 15 is 0 Å². The average Bonchev–Trinajstić information content (AvgIpc) is 2.84. The normalized spacial score (nSPS) is 20.6. The molecule has 0 radical (unpaired) electrons. The quantitative estimate of drug-likeness (QED) is 0.134. The van der Waals surface area contributed by atoms with Gasteiger partial charge in [0, 0.05) is 6.42 Å². The smallest absolute Gasteiger partial charge is 0.385 e. The molecule has 2 nitrogen and oxygen atoms in total. The molecule has 0 N–H and O–H groups in total. The first-order valence-corrected chi connectivity index (χ1v) is 11.9. The van der Waals surface area contributed by atoms with Crippen LogP contribution >= 0.6 is 0 Å². The SMILES string of the molecule is CCCCC1CCC(CCC(=O)OCC(F)(F)C(F)(F)C(F)(F)C(F)(F)C(F)(F)C(F)(F)C(F)(F)C(F)F)CC1. The van der Waals surface area contributed by atoms with Gasteiger partial charge in [-0.1, -0.05) is 51.9 Å². The maximum atomic E-state index is 13.8. The van der Waals surface area contributed by atoms with Gasteiger partial charge in [-0.15, -0.1) is 0 Å². The maximum absolute atomic E-state index is 13.8. The Morgan fingerprint density at radius 2 is 1.07 bits per heavy atom. The summed E-state index contributed by atoms with van der Waals surface area (Å²) in [6.07, 6.45) is -0.912. The van der Waals surface area contributed by atoms with Crippen LogP contribution in [0.5, 0.6) is 0 Å². The van der Waals surface area contributed by atoms with Crippen LogP contribution in [0.15, 0.2) is 0 Å². The number of alkyl halides is 16. The van der Waals surface area contributed by atoms with Crippen molar-refractivity contribution in [3.8, 4) is 0 Å². The number of unbranched alkanes of at least 4 members (excludes halogenated alkanes) is 1. The Balaban J connectivity index is 2.96. The van der Waals surface area contributed by atoms with Gasteiger partial charge in [0.05, 0.1) is 0 Å². The number of carbonyl (C=O) groups is 1. The summed E-state index contributed by atoms with van der Waals surface area (Å²) in [6.45, 7) is -1.13. The predicted octanol–water partition coefficient (Wildman–Crippen LogP) is 9.02. The van der Waals surface area contributed by atoms with Crippen molar-refractivity contribution >= 4 is 5.97 Å². The standard InChI is InChI=1S/C22H26F16O2/c1-2-3-4-12-5-7-13(8-6-12)9-10-14(39)40-11-16(25,26)18(29,30)20(33,34)22(37,38)21(35,36)19(31,32)17(27,28)15(23)24/h12-13,15H,2-11H2,1H3. The van der Waals surface area contributed by atoms with Crippen molar-refractivity contribution in [2.24, 2.45) is 11.8 Å². The fourth-order valence-electron chi connectivity index (χ4n) is 4.13. The molecule has 0 amide bonds. The van der Waals surface area contributed by atoms with Crippen molar-refractivity contribution in [2.75, 3.05) is 6.61 Å². The molecule has 18 heteroatoms. The van der Waals surface area contributed by atoms with Crippen LogP contribution in [0.25, 0.3) is 0 Å². The minimum atomic E-state index is -8.46. The summed E-state index contributed by atoms with van der Waals surface area (Å²) in [5, 5.41) is 0. The Hall–Kier alpha value is -1.65. The van der Waals surface area contributed by atoms with E-state index < -0.39 is 66.9 Å². The van der Waals surface area contributed by atoms with E-state index in [1.54, 1.807) is 0 Å². The first kappa shape index (κ1) is 36.4. The van der Waals surface area contributed by atoms with Crippen molar-refractivity contribution in [1.29, 1.82) is 0 Å². The van der Waals surface area contributed by atoms with Gasteiger partial charge < -0.3 is 4.74 Å². The van der Waals surface area contributed by atoms with Crippen LogP contribution < -0.4 is 0 Å². The molecule has 0 saturated heterocycles. The summed E-state index contributed by atoms with van der Waals surface area (Å²) in [4.78, 5) is 11.7. The Bertz CT molecular complexity index is 835. The Morgan fingerprint density at radius 1 is 0.675 bits per heavy atom. The highest BCUT2D eigenvalue weighted by molar-refractivity contribution is 5.69. The van der Waals surface area contributed by atoms with Gasteiger partial charge in [0.2, 0.25) is 0 Å². The molecule has 1 rings (SSSR count). The second-order valence-corrected chi connectivity index (χ2v) is 9.73. The van der Waals surface area contributed by atoms with Crippen LogP contribution in [0.2, 0.25) is 0 Å². The van der Waals surface area contributed by atoms with E-state index in [9.17, 15) is 75.0 Å². The van der Waals surface area contributed by atoms with Crippen molar-refractivity contribution < 1.29 is 79.8 Å². The molecule has 40 heavy (non-hydrogen) atoms. The zero-order valence-corrected chi connectivity index (χ0v) is 20.7. The molecule has 0 atom stereocenters. The third-order valence-electron chi connectivity index (χ3n) is 6.83. The molecule has 238 valence electrons. The number of hydrogen-bond acceptors (Lipinski definition) is 2. The Morgan fingerprint density at radius 3 is 1.50 bits per heavy atom. The molecule has 1 saturated carbocycles. The highest BCUT2D eigenvalue weighted by Crippen LogP contribution is 2.62. The number of carbonyl (C=O) groups excluding carboxylic acids is 1. The minimum Gasteiger partial charge on any atom is -0.459 e. The van der Waals surface area contributed by atoms with Crippen molar-refractivity contribution in [3.05, 3.63) is 0 Å². The van der Waals surface area contributed by atoms with Gasteiger partial charge in [-0.05, 0) is 18.3 Å². The van der Waals surface area contributed by atoms with E-state index in [2.05, 4.69) is 4.74 Å². The number of rotatable bonds is 15. The van der Waals surface area contributed by atoms with E-state index in [0.717, 1.165) is 32.1 Å². The monoisotopic (exact) mass is 626 g/mol. The molecule has 0 unspecified atom stereocenters. The molecular formula is C22H26F16O2. The zero-order chi connectivity index (χ0) is 31.6. The number of ether oxygens (including phenoxy) is 1. The molecule has 0 aromatic carbocycles. The molecule has 1 fully saturated rings. The van der Waals surface area contributed by atoms with Crippen molar-refractivity contribution in [1.82, 2.24) is 0 Å².